The molecule has 0 aliphatic heterocycles. The summed E-state index contributed by atoms with van der Waals surface area (Å²) in [7, 11) is 1.40. The highest BCUT2D eigenvalue weighted by molar-refractivity contribution is 5.77. The van der Waals surface area contributed by atoms with Gasteiger partial charge in [-0.3, -0.25) is 5.32 Å². The van der Waals surface area contributed by atoms with Gasteiger partial charge >= 0.3 is 5.97 Å². The molecule has 0 radical (unpaired) electrons. The highest BCUT2D eigenvalue weighted by Gasteiger charge is 2.21. The van der Waals surface area contributed by atoms with E-state index in [0.717, 1.165) is 5.56 Å². The van der Waals surface area contributed by atoms with Crippen molar-refractivity contribution < 1.29 is 9.53 Å². The summed E-state index contributed by atoms with van der Waals surface area (Å²) >= 11 is 0. The zero-order chi connectivity index (χ0) is 11.3. The lowest BCUT2D eigenvalue weighted by molar-refractivity contribution is -0.143. The SMILES string of the molecule is COC(=O)[C@H](NC(C)C)c1ccccc1. The molecule has 3 heteroatoms. The number of esters is 1. The maximum Gasteiger partial charge on any atom is 0.327 e. The van der Waals surface area contributed by atoms with E-state index in [2.05, 4.69) is 5.32 Å². The second-order valence-corrected chi connectivity index (χ2v) is 3.69. The third kappa shape index (κ3) is 3.36. The van der Waals surface area contributed by atoms with Crippen molar-refractivity contribution in [1.82, 2.24) is 5.32 Å². The summed E-state index contributed by atoms with van der Waals surface area (Å²) in [6.45, 7) is 4.00. The topological polar surface area (TPSA) is 38.3 Å². The molecule has 82 valence electrons. The summed E-state index contributed by atoms with van der Waals surface area (Å²) in [5.41, 5.74) is 0.929. The van der Waals surface area contributed by atoms with E-state index in [-0.39, 0.29) is 18.1 Å². The number of carbonyl (C=O) groups is 1. The van der Waals surface area contributed by atoms with E-state index in [9.17, 15) is 4.79 Å². The minimum atomic E-state index is -0.379. The summed E-state index contributed by atoms with van der Waals surface area (Å²) < 4.78 is 4.77. The van der Waals surface area contributed by atoms with Crippen molar-refractivity contribution in [1.29, 1.82) is 0 Å². The lowest BCUT2D eigenvalue weighted by atomic mass is 10.1. The smallest absolute Gasteiger partial charge is 0.327 e. The summed E-state index contributed by atoms with van der Waals surface area (Å²) in [4.78, 5) is 11.6. The minimum absolute atomic E-state index is 0.231. The van der Waals surface area contributed by atoms with Crippen LogP contribution in [0.5, 0.6) is 0 Å². The molecule has 0 bridgehead atoms. The third-order valence-corrected chi connectivity index (χ3v) is 2.07. The molecule has 1 N–H and O–H groups in total. The van der Waals surface area contributed by atoms with E-state index in [1.165, 1.54) is 7.11 Å². The van der Waals surface area contributed by atoms with Crippen LogP contribution in [0.2, 0.25) is 0 Å². The lowest BCUT2D eigenvalue weighted by Gasteiger charge is -2.19. The number of hydrogen-bond acceptors (Lipinski definition) is 3. The van der Waals surface area contributed by atoms with Gasteiger partial charge in [-0.15, -0.1) is 0 Å². The van der Waals surface area contributed by atoms with Gasteiger partial charge in [0, 0.05) is 6.04 Å². The standard InChI is InChI=1S/C12H17NO2/c1-9(2)13-11(12(14)15-3)10-7-5-4-6-8-10/h4-9,11,13H,1-3H3/t11-/m1/s1. The molecule has 0 heterocycles. The van der Waals surface area contributed by atoms with Crippen LogP contribution in [-0.4, -0.2) is 19.1 Å². The summed E-state index contributed by atoms with van der Waals surface area (Å²) in [5.74, 6) is -0.255. The molecule has 0 unspecified atom stereocenters. The maximum absolute atomic E-state index is 11.6. The molecule has 1 aromatic rings. The van der Waals surface area contributed by atoms with Gasteiger partial charge in [-0.2, -0.15) is 0 Å². The van der Waals surface area contributed by atoms with Crippen molar-refractivity contribution in [3.63, 3.8) is 0 Å². The van der Waals surface area contributed by atoms with E-state index in [1.54, 1.807) is 0 Å². The summed E-state index contributed by atoms with van der Waals surface area (Å²) in [5, 5.41) is 3.17. The Morgan fingerprint density at radius 3 is 2.33 bits per heavy atom. The largest absolute Gasteiger partial charge is 0.468 e. The molecule has 15 heavy (non-hydrogen) atoms. The second-order valence-electron chi connectivity index (χ2n) is 3.69. The average molecular weight is 207 g/mol. The summed E-state index contributed by atoms with van der Waals surface area (Å²) in [6, 6.07) is 9.42. The second kappa shape index (κ2) is 5.51. The van der Waals surface area contributed by atoms with Crippen molar-refractivity contribution in [3.05, 3.63) is 35.9 Å². The van der Waals surface area contributed by atoms with Crippen LogP contribution >= 0.6 is 0 Å². The highest BCUT2D eigenvalue weighted by atomic mass is 16.5. The van der Waals surface area contributed by atoms with Crippen LogP contribution in [0, 0.1) is 0 Å². The summed E-state index contributed by atoms with van der Waals surface area (Å²) in [6.07, 6.45) is 0. The van der Waals surface area contributed by atoms with Crippen LogP contribution in [0.15, 0.2) is 30.3 Å². The van der Waals surface area contributed by atoms with Crippen LogP contribution in [0.25, 0.3) is 0 Å². The molecule has 0 amide bonds. The number of rotatable bonds is 4. The molecule has 0 spiro atoms. The van der Waals surface area contributed by atoms with Gasteiger partial charge < -0.3 is 4.74 Å². The first kappa shape index (κ1) is 11.7. The molecule has 0 aromatic heterocycles. The van der Waals surface area contributed by atoms with Gasteiger partial charge in [-0.1, -0.05) is 30.3 Å². The predicted molar refractivity (Wildman–Crippen MR) is 59.5 cm³/mol. The number of hydrogen-bond donors (Lipinski definition) is 1. The number of carbonyl (C=O) groups excluding carboxylic acids is 1. The monoisotopic (exact) mass is 207 g/mol. The van der Waals surface area contributed by atoms with Gasteiger partial charge in [-0.25, -0.2) is 4.79 Å². The van der Waals surface area contributed by atoms with E-state index in [4.69, 9.17) is 4.74 Å². The van der Waals surface area contributed by atoms with Gasteiger partial charge in [0.15, 0.2) is 0 Å². The van der Waals surface area contributed by atoms with Crippen LogP contribution in [0.3, 0.4) is 0 Å². The Bertz CT molecular complexity index is 309. The van der Waals surface area contributed by atoms with Crippen LogP contribution < -0.4 is 5.32 Å². The Balaban J connectivity index is 2.86. The Kier molecular flexibility index (Phi) is 4.31. The molecule has 0 fully saturated rings. The number of benzene rings is 1. The molecule has 1 aromatic carbocycles. The molecule has 1 atom stereocenters. The zero-order valence-corrected chi connectivity index (χ0v) is 9.36. The molecular weight excluding hydrogens is 190 g/mol. The molecular formula is C12H17NO2. The fourth-order valence-electron chi connectivity index (χ4n) is 1.40. The van der Waals surface area contributed by atoms with Gasteiger partial charge in [0.05, 0.1) is 7.11 Å². The molecule has 0 aliphatic carbocycles. The Morgan fingerprint density at radius 1 is 1.27 bits per heavy atom. The average Bonchev–Trinajstić information content (AvgIpc) is 2.26. The van der Waals surface area contributed by atoms with Gasteiger partial charge in [0.2, 0.25) is 0 Å². The van der Waals surface area contributed by atoms with Crippen molar-refractivity contribution in [3.8, 4) is 0 Å². The first-order valence-corrected chi connectivity index (χ1v) is 5.04. The number of nitrogens with one attached hydrogen (secondary N) is 1. The molecule has 0 aliphatic rings. The molecule has 0 saturated heterocycles. The Morgan fingerprint density at radius 2 is 1.87 bits per heavy atom. The van der Waals surface area contributed by atoms with Crippen molar-refractivity contribution in [2.24, 2.45) is 0 Å². The van der Waals surface area contributed by atoms with Crippen LogP contribution in [-0.2, 0) is 9.53 Å². The third-order valence-electron chi connectivity index (χ3n) is 2.07. The Hall–Kier alpha value is -1.35. The lowest BCUT2D eigenvalue weighted by Crippen LogP contribution is -2.34. The van der Waals surface area contributed by atoms with Crippen LogP contribution in [0.4, 0.5) is 0 Å². The van der Waals surface area contributed by atoms with E-state index in [0.29, 0.717) is 0 Å². The first-order valence-electron chi connectivity index (χ1n) is 5.04. The Labute approximate surface area is 90.4 Å². The van der Waals surface area contributed by atoms with Gasteiger partial charge in [-0.05, 0) is 19.4 Å². The van der Waals surface area contributed by atoms with Gasteiger partial charge in [0.1, 0.15) is 6.04 Å². The van der Waals surface area contributed by atoms with Crippen molar-refractivity contribution >= 4 is 5.97 Å². The van der Waals surface area contributed by atoms with E-state index >= 15 is 0 Å². The van der Waals surface area contributed by atoms with Gasteiger partial charge in [0.25, 0.3) is 0 Å². The first-order chi connectivity index (χ1) is 7.15. The number of methoxy groups -OCH3 is 1. The molecule has 0 saturated carbocycles. The number of ether oxygens (including phenoxy) is 1. The maximum atomic E-state index is 11.6. The molecule has 3 nitrogen and oxygen atoms in total. The normalized spacial score (nSPS) is 12.5. The predicted octanol–water partition coefficient (Wildman–Crippen LogP) is 1.90. The zero-order valence-electron chi connectivity index (χ0n) is 9.36. The van der Waals surface area contributed by atoms with E-state index in [1.807, 2.05) is 44.2 Å². The molecule has 1 rings (SSSR count). The van der Waals surface area contributed by atoms with Crippen molar-refractivity contribution in [2.45, 2.75) is 25.9 Å². The minimum Gasteiger partial charge on any atom is -0.468 e. The van der Waals surface area contributed by atoms with Crippen LogP contribution in [0.1, 0.15) is 25.5 Å². The fraction of sp³-hybridized carbons (Fsp3) is 0.417. The van der Waals surface area contributed by atoms with Crippen molar-refractivity contribution in [2.75, 3.05) is 7.11 Å². The quantitative estimate of drug-likeness (QED) is 0.766. The fourth-order valence-corrected chi connectivity index (χ4v) is 1.40. The highest BCUT2D eigenvalue weighted by Crippen LogP contribution is 2.14. The van der Waals surface area contributed by atoms with E-state index < -0.39 is 0 Å².